The van der Waals surface area contributed by atoms with Gasteiger partial charge in [-0.3, -0.25) is 9.59 Å². The second-order valence-electron chi connectivity index (χ2n) is 6.39. The highest BCUT2D eigenvalue weighted by atomic mass is 16.3. The van der Waals surface area contributed by atoms with Gasteiger partial charge in [-0.15, -0.1) is 0 Å². The lowest BCUT2D eigenvalue weighted by Crippen LogP contribution is -2.37. The highest BCUT2D eigenvalue weighted by Crippen LogP contribution is 2.19. The van der Waals surface area contributed by atoms with Crippen LogP contribution in [0.15, 0.2) is 83.8 Å². The van der Waals surface area contributed by atoms with Crippen molar-refractivity contribution >= 4 is 5.91 Å². The van der Waals surface area contributed by atoms with Crippen molar-refractivity contribution in [2.24, 2.45) is 0 Å². The fraction of sp³-hybridized carbons (Fsp3) is 0.182. The van der Waals surface area contributed by atoms with Gasteiger partial charge in [0.25, 0.3) is 5.56 Å². The zero-order valence-electron chi connectivity index (χ0n) is 14.9. The minimum Gasteiger partial charge on any atom is -0.389 e. The summed E-state index contributed by atoms with van der Waals surface area (Å²) < 4.78 is 1.42. The van der Waals surface area contributed by atoms with Crippen molar-refractivity contribution in [2.75, 3.05) is 6.54 Å². The Bertz CT molecular complexity index is 934. The monoisotopic (exact) mass is 362 g/mol. The van der Waals surface area contributed by atoms with Gasteiger partial charge in [-0.05, 0) is 22.8 Å². The van der Waals surface area contributed by atoms with Gasteiger partial charge >= 0.3 is 0 Å². The fourth-order valence-electron chi connectivity index (χ4n) is 2.83. The number of aliphatic hydroxyl groups is 1. The van der Waals surface area contributed by atoms with Crippen LogP contribution in [0, 0.1) is 0 Å². The van der Waals surface area contributed by atoms with E-state index in [0.29, 0.717) is 0 Å². The maximum atomic E-state index is 12.1. The van der Waals surface area contributed by atoms with E-state index in [4.69, 9.17) is 0 Å². The molecule has 5 nitrogen and oxygen atoms in total. The van der Waals surface area contributed by atoms with E-state index in [1.165, 1.54) is 10.6 Å². The second-order valence-corrected chi connectivity index (χ2v) is 6.39. The summed E-state index contributed by atoms with van der Waals surface area (Å²) in [6, 6.07) is 22.7. The first-order valence-corrected chi connectivity index (χ1v) is 8.86. The molecular formula is C22H22N2O3. The van der Waals surface area contributed by atoms with Crippen LogP contribution in [0.3, 0.4) is 0 Å². The van der Waals surface area contributed by atoms with Crippen molar-refractivity contribution in [3.05, 3.63) is 94.9 Å². The van der Waals surface area contributed by atoms with E-state index in [9.17, 15) is 14.7 Å². The number of hydrogen-bond donors (Lipinski definition) is 2. The molecule has 0 fully saturated rings. The quantitative estimate of drug-likeness (QED) is 0.677. The summed E-state index contributed by atoms with van der Waals surface area (Å²) in [4.78, 5) is 23.7. The standard InChI is InChI=1S/C22H22N2O3/c25-20(16-24-13-5-4-8-22(24)27)15-23-21(26)14-17-9-11-19(12-10-17)18-6-2-1-3-7-18/h1-13,20,25H,14-16H2,(H,23,26). The molecule has 2 aromatic carbocycles. The molecule has 0 aliphatic rings. The summed E-state index contributed by atoms with van der Waals surface area (Å²) >= 11 is 0. The van der Waals surface area contributed by atoms with Crippen molar-refractivity contribution in [3.8, 4) is 11.1 Å². The van der Waals surface area contributed by atoms with Gasteiger partial charge in [0.2, 0.25) is 5.91 Å². The lowest BCUT2D eigenvalue weighted by molar-refractivity contribution is -0.120. The Morgan fingerprint density at radius 1 is 0.926 bits per heavy atom. The van der Waals surface area contributed by atoms with E-state index in [0.717, 1.165) is 16.7 Å². The van der Waals surface area contributed by atoms with E-state index in [-0.39, 0.29) is 31.0 Å². The SMILES string of the molecule is O=C(Cc1ccc(-c2ccccc2)cc1)NCC(O)Cn1ccccc1=O. The smallest absolute Gasteiger partial charge is 0.250 e. The number of nitrogens with zero attached hydrogens (tertiary/aromatic N) is 1. The molecule has 1 atom stereocenters. The summed E-state index contributed by atoms with van der Waals surface area (Å²) in [6.07, 6.45) is 1.03. The van der Waals surface area contributed by atoms with Crippen molar-refractivity contribution in [2.45, 2.75) is 19.1 Å². The van der Waals surface area contributed by atoms with Crippen LogP contribution in [0.25, 0.3) is 11.1 Å². The molecule has 3 aromatic rings. The van der Waals surface area contributed by atoms with Crippen molar-refractivity contribution < 1.29 is 9.90 Å². The first-order valence-electron chi connectivity index (χ1n) is 8.86. The van der Waals surface area contributed by atoms with Crippen LogP contribution in [0.2, 0.25) is 0 Å². The maximum Gasteiger partial charge on any atom is 0.250 e. The molecule has 1 amide bonds. The third-order valence-corrected chi connectivity index (χ3v) is 4.27. The number of carbonyl (C=O) groups excluding carboxylic acids is 1. The van der Waals surface area contributed by atoms with E-state index < -0.39 is 6.10 Å². The van der Waals surface area contributed by atoms with Gasteiger partial charge in [-0.1, -0.05) is 60.7 Å². The van der Waals surface area contributed by atoms with Gasteiger partial charge in [-0.2, -0.15) is 0 Å². The molecule has 1 aromatic heterocycles. The average Bonchev–Trinajstić information content (AvgIpc) is 2.69. The minimum atomic E-state index is -0.825. The van der Waals surface area contributed by atoms with Gasteiger partial charge in [-0.25, -0.2) is 0 Å². The lowest BCUT2D eigenvalue weighted by Gasteiger charge is -2.13. The molecule has 0 saturated carbocycles. The number of amides is 1. The summed E-state index contributed by atoms with van der Waals surface area (Å²) in [5, 5.41) is 12.7. The molecule has 27 heavy (non-hydrogen) atoms. The molecule has 3 rings (SSSR count). The number of hydrogen-bond acceptors (Lipinski definition) is 3. The van der Waals surface area contributed by atoms with Crippen LogP contribution in [0.5, 0.6) is 0 Å². The molecule has 138 valence electrons. The summed E-state index contributed by atoms with van der Waals surface area (Å²) in [5.41, 5.74) is 2.96. The van der Waals surface area contributed by atoms with Crippen LogP contribution in [-0.2, 0) is 17.8 Å². The van der Waals surface area contributed by atoms with Gasteiger partial charge in [0.1, 0.15) is 0 Å². The molecule has 0 saturated heterocycles. The third-order valence-electron chi connectivity index (χ3n) is 4.27. The van der Waals surface area contributed by atoms with Crippen LogP contribution < -0.4 is 10.9 Å². The van der Waals surface area contributed by atoms with E-state index in [1.54, 1.807) is 18.3 Å². The predicted molar refractivity (Wildman–Crippen MR) is 105 cm³/mol. The number of rotatable bonds is 7. The Morgan fingerprint density at radius 3 is 2.30 bits per heavy atom. The zero-order valence-corrected chi connectivity index (χ0v) is 14.9. The lowest BCUT2D eigenvalue weighted by atomic mass is 10.0. The van der Waals surface area contributed by atoms with E-state index in [2.05, 4.69) is 5.32 Å². The number of carbonyl (C=O) groups is 1. The highest BCUT2D eigenvalue weighted by Gasteiger charge is 2.09. The van der Waals surface area contributed by atoms with Gasteiger partial charge in [0.15, 0.2) is 0 Å². The normalized spacial score (nSPS) is 11.7. The molecule has 0 aliphatic heterocycles. The third kappa shape index (κ3) is 5.39. The molecule has 0 spiro atoms. The zero-order chi connectivity index (χ0) is 19.1. The molecule has 0 bridgehead atoms. The predicted octanol–water partition coefficient (Wildman–Crippen LogP) is 2.24. The fourth-order valence-corrected chi connectivity index (χ4v) is 2.83. The minimum absolute atomic E-state index is 0.0995. The topological polar surface area (TPSA) is 71.3 Å². The van der Waals surface area contributed by atoms with Gasteiger partial charge < -0.3 is 15.0 Å². The summed E-state index contributed by atoms with van der Waals surface area (Å²) in [6.45, 7) is 0.244. The summed E-state index contributed by atoms with van der Waals surface area (Å²) in [7, 11) is 0. The molecule has 2 N–H and O–H groups in total. The number of nitrogens with one attached hydrogen (secondary N) is 1. The van der Waals surface area contributed by atoms with Crippen molar-refractivity contribution in [3.63, 3.8) is 0 Å². The van der Waals surface area contributed by atoms with Crippen molar-refractivity contribution in [1.82, 2.24) is 9.88 Å². The molecule has 1 unspecified atom stereocenters. The molecule has 5 heteroatoms. The van der Waals surface area contributed by atoms with Gasteiger partial charge in [0.05, 0.1) is 19.1 Å². The number of aliphatic hydroxyl groups excluding tert-OH is 1. The number of aromatic nitrogens is 1. The largest absolute Gasteiger partial charge is 0.389 e. The number of pyridine rings is 1. The highest BCUT2D eigenvalue weighted by molar-refractivity contribution is 5.78. The molecule has 0 radical (unpaired) electrons. The molecular weight excluding hydrogens is 340 g/mol. The first kappa shape index (κ1) is 18.6. The van der Waals surface area contributed by atoms with Crippen molar-refractivity contribution in [1.29, 1.82) is 0 Å². The molecule has 1 heterocycles. The Kier molecular flexibility index (Phi) is 6.18. The van der Waals surface area contributed by atoms with Gasteiger partial charge in [0, 0.05) is 18.8 Å². The second kappa shape index (κ2) is 8.96. The first-order chi connectivity index (χ1) is 13.1. The van der Waals surface area contributed by atoms with Crippen LogP contribution in [0.1, 0.15) is 5.56 Å². The average molecular weight is 362 g/mol. The molecule has 0 aliphatic carbocycles. The maximum absolute atomic E-state index is 12.1. The van der Waals surface area contributed by atoms with E-state index in [1.807, 2.05) is 54.6 Å². The van der Waals surface area contributed by atoms with Crippen LogP contribution in [-0.4, -0.2) is 28.2 Å². The van der Waals surface area contributed by atoms with Crippen LogP contribution >= 0.6 is 0 Å². The Hall–Kier alpha value is -3.18. The Balaban J connectivity index is 1.49. The van der Waals surface area contributed by atoms with Crippen LogP contribution in [0.4, 0.5) is 0 Å². The summed E-state index contributed by atoms with van der Waals surface area (Å²) in [5.74, 6) is -0.165. The Morgan fingerprint density at radius 2 is 1.59 bits per heavy atom. The number of benzene rings is 2. The van der Waals surface area contributed by atoms with E-state index >= 15 is 0 Å². The Labute approximate surface area is 157 Å².